The van der Waals surface area contributed by atoms with Gasteiger partial charge in [-0.1, -0.05) is 82.8 Å². The zero-order chi connectivity index (χ0) is 44.5. The molecule has 1 N–H and O–H groups in total. The molecule has 12 nitrogen and oxygen atoms in total. The van der Waals surface area contributed by atoms with Crippen LogP contribution in [0.15, 0.2) is 84.9 Å². The molecule has 2 aliphatic rings. The van der Waals surface area contributed by atoms with Crippen LogP contribution in [0.2, 0.25) is 20.1 Å². The van der Waals surface area contributed by atoms with E-state index in [1.54, 1.807) is 53.2 Å². The molecule has 0 spiro atoms. The molecule has 17 heteroatoms. The van der Waals surface area contributed by atoms with Crippen molar-refractivity contribution in [2.75, 3.05) is 89.8 Å². The second-order valence-corrected chi connectivity index (χ2v) is 16.1. The van der Waals surface area contributed by atoms with Crippen molar-refractivity contribution in [1.29, 1.82) is 0 Å². The first kappa shape index (κ1) is 49.7. The largest absolute Gasteiger partial charge is 0.383 e. The molecule has 0 aliphatic carbocycles. The Bertz CT molecular complexity index is 2110. The van der Waals surface area contributed by atoms with Gasteiger partial charge in [0.1, 0.15) is 26.4 Å². The molecule has 4 aromatic carbocycles. The zero-order valence-corrected chi connectivity index (χ0v) is 38.4. The van der Waals surface area contributed by atoms with Gasteiger partial charge in [0.05, 0.1) is 26.3 Å². The first-order valence-electron chi connectivity index (χ1n) is 19.4. The number of amides is 4. The molecular formula is C44H51Cl5N6O6. The summed E-state index contributed by atoms with van der Waals surface area (Å²) in [6.07, 6.45) is 0. The highest BCUT2D eigenvalue weighted by atomic mass is 35.5. The summed E-state index contributed by atoms with van der Waals surface area (Å²) in [5.74, 6) is 0.0958. The van der Waals surface area contributed by atoms with Crippen LogP contribution in [0.1, 0.15) is 22.3 Å². The van der Waals surface area contributed by atoms with Gasteiger partial charge in [-0.2, -0.15) is 0 Å². The van der Waals surface area contributed by atoms with Gasteiger partial charge in [-0.15, -0.1) is 11.6 Å². The summed E-state index contributed by atoms with van der Waals surface area (Å²) in [6, 6.07) is 25.9. The fourth-order valence-corrected chi connectivity index (χ4v) is 7.28. The molecule has 0 aromatic heterocycles. The van der Waals surface area contributed by atoms with E-state index in [0.29, 0.717) is 53.8 Å². The van der Waals surface area contributed by atoms with Gasteiger partial charge >= 0.3 is 0 Å². The fourth-order valence-electron chi connectivity index (χ4n) is 6.35. The van der Waals surface area contributed by atoms with Gasteiger partial charge < -0.3 is 24.6 Å². The maximum Gasteiger partial charge on any atom is 0.248 e. The second-order valence-electron chi connectivity index (χ2n) is 14.1. The van der Waals surface area contributed by atoms with Gasteiger partial charge in [-0.3, -0.25) is 33.9 Å². The predicted octanol–water partition coefficient (Wildman–Crippen LogP) is 7.68. The molecule has 2 heterocycles. The second kappa shape index (κ2) is 25.2. The molecule has 6 rings (SSSR count). The molecule has 0 radical (unpaired) electrons. The number of alkyl halides is 1. The molecule has 4 amide bonds. The lowest BCUT2D eigenvalue weighted by Crippen LogP contribution is -2.41. The summed E-state index contributed by atoms with van der Waals surface area (Å²) < 4.78 is 10.1. The van der Waals surface area contributed by atoms with E-state index in [0.717, 1.165) is 38.7 Å². The number of hydrogen-bond donors (Lipinski definition) is 1. The van der Waals surface area contributed by atoms with Crippen LogP contribution in [0.4, 0.5) is 11.4 Å². The van der Waals surface area contributed by atoms with E-state index in [-0.39, 0.29) is 63.1 Å². The number of nitrogens with one attached hydrogen (secondary N) is 1. The summed E-state index contributed by atoms with van der Waals surface area (Å²) in [6.45, 7) is 7.53. The number of carbonyl (C=O) groups is 4. The molecule has 0 unspecified atom stereocenters. The lowest BCUT2D eigenvalue weighted by Gasteiger charge is -2.25. The summed E-state index contributed by atoms with van der Waals surface area (Å²) in [5, 5.41) is 5.59. The van der Waals surface area contributed by atoms with Crippen LogP contribution in [0.25, 0.3) is 0 Å². The van der Waals surface area contributed by atoms with E-state index in [9.17, 15) is 19.2 Å². The van der Waals surface area contributed by atoms with E-state index in [4.69, 9.17) is 67.5 Å². The Morgan fingerprint density at radius 2 is 1.18 bits per heavy atom. The average molecular weight is 937 g/mol. The molecule has 328 valence electrons. The van der Waals surface area contributed by atoms with Gasteiger partial charge in [0.2, 0.25) is 23.6 Å². The molecule has 4 aromatic rings. The number of halogens is 5. The number of hydrogen-bond acceptors (Lipinski definition) is 8. The Kier molecular flexibility index (Phi) is 20.6. The van der Waals surface area contributed by atoms with Crippen molar-refractivity contribution < 1.29 is 28.7 Å². The summed E-state index contributed by atoms with van der Waals surface area (Å²) in [5.41, 5.74) is 5.22. The number of ether oxygens (including phenoxy) is 2. The normalized spacial score (nSPS) is 13.7. The Hall–Kier alpha value is -3.95. The maximum absolute atomic E-state index is 13.0. The SMILES string of the molecule is COCCN(CC(=O)N1CC(=O)N(c2cccc(Cl)c2C)C1)Cc1cccc(Cl)c1.COCCNCC(=O)N1CC(=O)N(c2cccc(Cl)c2C)C1.ClCc1cccc(Cl)c1. The Balaban J connectivity index is 0.000000230. The van der Waals surface area contributed by atoms with Crippen molar-refractivity contribution in [2.45, 2.75) is 26.3 Å². The lowest BCUT2D eigenvalue weighted by molar-refractivity contribution is -0.133. The number of nitrogens with zero attached hydrogens (tertiary/aromatic N) is 5. The maximum atomic E-state index is 13.0. The van der Waals surface area contributed by atoms with Crippen LogP contribution < -0.4 is 15.1 Å². The number of anilines is 2. The monoisotopic (exact) mass is 934 g/mol. The van der Waals surface area contributed by atoms with Crippen molar-refractivity contribution in [3.63, 3.8) is 0 Å². The minimum absolute atomic E-state index is 0.0556. The number of carbonyl (C=O) groups excluding carboxylic acids is 4. The number of benzene rings is 4. The van der Waals surface area contributed by atoms with Gasteiger partial charge in [0, 0.05) is 71.2 Å². The minimum Gasteiger partial charge on any atom is -0.383 e. The van der Waals surface area contributed by atoms with Crippen LogP contribution in [-0.2, 0) is 41.1 Å². The third-order valence-electron chi connectivity index (χ3n) is 9.71. The van der Waals surface area contributed by atoms with Crippen molar-refractivity contribution in [1.82, 2.24) is 20.0 Å². The summed E-state index contributed by atoms with van der Waals surface area (Å²) in [4.78, 5) is 58.1. The molecule has 2 saturated heterocycles. The molecule has 61 heavy (non-hydrogen) atoms. The van der Waals surface area contributed by atoms with Crippen LogP contribution in [-0.4, -0.2) is 118 Å². The van der Waals surface area contributed by atoms with Gasteiger partial charge in [-0.05, 0) is 84.6 Å². The first-order valence-corrected chi connectivity index (χ1v) is 21.4. The van der Waals surface area contributed by atoms with Crippen molar-refractivity contribution in [2.24, 2.45) is 0 Å². The summed E-state index contributed by atoms with van der Waals surface area (Å²) >= 11 is 29.6. The minimum atomic E-state index is -0.119. The van der Waals surface area contributed by atoms with E-state index < -0.39 is 0 Å². The number of rotatable bonds is 15. The summed E-state index contributed by atoms with van der Waals surface area (Å²) in [7, 11) is 3.23. The van der Waals surface area contributed by atoms with Crippen LogP contribution in [0.3, 0.4) is 0 Å². The lowest BCUT2D eigenvalue weighted by atomic mass is 10.2. The van der Waals surface area contributed by atoms with Crippen LogP contribution >= 0.6 is 58.0 Å². The first-order chi connectivity index (χ1) is 29.3. The van der Waals surface area contributed by atoms with Crippen LogP contribution in [0.5, 0.6) is 0 Å². The highest BCUT2D eigenvalue weighted by molar-refractivity contribution is 6.32. The molecule has 2 fully saturated rings. The van der Waals surface area contributed by atoms with Crippen molar-refractivity contribution in [3.8, 4) is 0 Å². The Morgan fingerprint density at radius 1 is 0.689 bits per heavy atom. The molecule has 0 bridgehead atoms. The number of methoxy groups -OCH3 is 2. The van der Waals surface area contributed by atoms with Gasteiger partial charge in [0.15, 0.2) is 0 Å². The molecule has 0 saturated carbocycles. The topological polar surface area (TPSA) is 115 Å². The fraction of sp³-hybridized carbons (Fsp3) is 0.364. The van der Waals surface area contributed by atoms with Crippen molar-refractivity contribution in [3.05, 3.63) is 127 Å². The van der Waals surface area contributed by atoms with E-state index in [1.807, 2.05) is 79.4 Å². The molecule has 2 aliphatic heterocycles. The Morgan fingerprint density at radius 3 is 1.67 bits per heavy atom. The standard InChI is InChI=1S/C22H25Cl2N3O3.C15H20ClN3O3.C7H6Cl2/c1-16-19(24)7-4-8-20(16)27-15-26(14-22(27)29)21(28)13-25(9-10-30-2)12-17-5-3-6-18(23)11-17;1-11-12(16)4-3-5-13(11)19-10-18(9-15(19)21)14(20)8-17-6-7-22-2;8-5-6-2-1-3-7(9)4-6/h3-8,11H,9-10,12-15H2,1-2H3;3-5,17H,6-10H2,1-2H3;1-4H,5H2. The predicted molar refractivity (Wildman–Crippen MR) is 245 cm³/mol. The highest BCUT2D eigenvalue weighted by Gasteiger charge is 2.34. The molecular weight excluding hydrogens is 886 g/mol. The Labute approximate surface area is 383 Å². The third kappa shape index (κ3) is 15.1. The van der Waals surface area contributed by atoms with Crippen molar-refractivity contribution >= 4 is 93.0 Å². The van der Waals surface area contributed by atoms with Gasteiger partial charge in [-0.25, -0.2) is 0 Å². The quantitative estimate of drug-likeness (QED) is 0.0955. The van der Waals surface area contributed by atoms with E-state index >= 15 is 0 Å². The smallest absolute Gasteiger partial charge is 0.248 e. The highest BCUT2D eigenvalue weighted by Crippen LogP contribution is 2.30. The van der Waals surface area contributed by atoms with E-state index in [2.05, 4.69) is 5.32 Å². The van der Waals surface area contributed by atoms with Crippen LogP contribution in [0, 0.1) is 13.8 Å². The average Bonchev–Trinajstić information content (AvgIpc) is 3.83. The van der Waals surface area contributed by atoms with Gasteiger partial charge in [0.25, 0.3) is 0 Å². The zero-order valence-electron chi connectivity index (χ0n) is 34.6. The third-order valence-corrected chi connectivity index (χ3v) is 11.3. The van der Waals surface area contributed by atoms with E-state index in [1.165, 1.54) is 4.90 Å². The molecule has 0 atom stereocenters.